The van der Waals surface area contributed by atoms with Gasteiger partial charge in [-0.15, -0.1) is 0 Å². The summed E-state index contributed by atoms with van der Waals surface area (Å²) in [5.41, 5.74) is 0.862. The fourth-order valence-electron chi connectivity index (χ4n) is 3.01. The molecular weight excluding hydrogens is 414 g/mol. The summed E-state index contributed by atoms with van der Waals surface area (Å²) in [6.07, 6.45) is 0.539. The lowest BCUT2D eigenvalue weighted by Gasteiger charge is -2.15. The number of nitrogens with one attached hydrogen (secondary N) is 1. The number of benzene rings is 1. The zero-order chi connectivity index (χ0) is 19.7. The maximum absolute atomic E-state index is 12.8. The van der Waals surface area contributed by atoms with Gasteiger partial charge in [0.2, 0.25) is 5.95 Å². The van der Waals surface area contributed by atoms with E-state index in [4.69, 9.17) is 0 Å². The molecule has 8 nitrogen and oxygen atoms in total. The van der Waals surface area contributed by atoms with Crippen LogP contribution in [0, 0.1) is 0 Å². The number of halogens is 1. The molecule has 0 saturated heterocycles. The van der Waals surface area contributed by atoms with Gasteiger partial charge in [-0.1, -0.05) is 28.1 Å². The van der Waals surface area contributed by atoms with Crippen molar-refractivity contribution in [3.05, 3.63) is 55.1 Å². The summed E-state index contributed by atoms with van der Waals surface area (Å²) in [7, 11) is 3.06. The summed E-state index contributed by atoms with van der Waals surface area (Å²) in [6, 6.07) is 7.74. The van der Waals surface area contributed by atoms with E-state index < -0.39 is 11.2 Å². The van der Waals surface area contributed by atoms with Crippen molar-refractivity contribution in [3.8, 4) is 0 Å². The summed E-state index contributed by atoms with van der Waals surface area (Å²) < 4.78 is 5.18. The summed E-state index contributed by atoms with van der Waals surface area (Å²) in [4.78, 5) is 29.6. The molecule has 1 atom stereocenters. The SMILES string of the molecule is C[C@@H](CCO)Nc1nc2c(c(=O)n(C)c(=O)n2C)n1Cc1cccc(Br)c1. The van der Waals surface area contributed by atoms with Crippen molar-refractivity contribution in [3.63, 3.8) is 0 Å². The molecule has 0 aliphatic rings. The number of aliphatic hydroxyl groups excluding tert-OH is 1. The minimum atomic E-state index is -0.422. The highest BCUT2D eigenvalue weighted by Gasteiger charge is 2.20. The quantitative estimate of drug-likeness (QED) is 0.610. The normalized spacial score (nSPS) is 12.5. The minimum Gasteiger partial charge on any atom is -0.396 e. The lowest BCUT2D eigenvalue weighted by molar-refractivity contribution is 0.282. The third-order valence-corrected chi connectivity index (χ3v) is 5.01. The first-order valence-electron chi connectivity index (χ1n) is 8.61. The molecule has 2 heterocycles. The Balaban J connectivity index is 2.23. The maximum Gasteiger partial charge on any atom is 0.332 e. The number of hydrogen-bond acceptors (Lipinski definition) is 5. The summed E-state index contributed by atoms with van der Waals surface area (Å²) >= 11 is 3.46. The summed E-state index contributed by atoms with van der Waals surface area (Å²) in [6.45, 7) is 2.38. The molecule has 3 aromatic rings. The van der Waals surface area contributed by atoms with Gasteiger partial charge in [0.25, 0.3) is 5.56 Å². The molecule has 2 N–H and O–H groups in total. The molecule has 1 aromatic carbocycles. The number of fused-ring (bicyclic) bond motifs is 1. The highest BCUT2D eigenvalue weighted by Crippen LogP contribution is 2.20. The number of aromatic nitrogens is 4. The van der Waals surface area contributed by atoms with Crippen molar-refractivity contribution < 1.29 is 5.11 Å². The zero-order valence-electron chi connectivity index (χ0n) is 15.4. The van der Waals surface area contributed by atoms with Gasteiger partial charge in [-0.2, -0.15) is 4.98 Å². The molecule has 144 valence electrons. The Morgan fingerprint density at radius 2 is 2.00 bits per heavy atom. The van der Waals surface area contributed by atoms with Gasteiger partial charge in [-0.25, -0.2) is 4.79 Å². The molecule has 0 unspecified atom stereocenters. The van der Waals surface area contributed by atoms with Crippen molar-refractivity contribution in [2.45, 2.75) is 25.9 Å². The largest absolute Gasteiger partial charge is 0.396 e. The molecule has 9 heteroatoms. The van der Waals surface area contributed by atoms with Gasteiger partial charge in [0.15, 0.2) is 11.2 Å². The number of aliphatic hydroxyl groups is 1. The molecule has 0 amide bonds. The van der Waals surface area contributed by atoms with Gasteiger partial charge in [-0.05, 0) is 31.0 Å². The standard InChI is InChI=1S/C18H22BrN5O3/c1-11(7-8-25)20-17-21-15-14(16(26)23(3)18(27)22(15)2)24(17)10-12-5-4-6-13(19)9-12/h4-6,9,11,25H,7-8,10H2,1-3H3,(H,20,21)/t11-/m0/s1. The average Bonchev–Trinajstić information content (AvgIpc) is 2.96. The van der Waals surface area contributed by atoms with Gasteiger partial charge in [-0.3, -0.25) is 18.5 Å². The fraction of sp³-hybridized carbons (Fsp3) is 0.389. The third kappa shape index (κ3) is 3.70. The van der Waals surface area contributed by atoms with E-state index in [1.165, 1.54) is 11.6 Å². The van der Waals surface area contributed by atoms with Crippen LogP contribution in [-0.4, -0.2) is 36.4 Å². The van der Waals surface area contributed by atoms with E-state index in [0.717, 1.165) is 14.6 Å². The molecule has 2 aromatic heterocycles. The second-order valence-corrected chi connectivity index (χ2v) is 7.50. The van der Waals surface area contributed by atoms with Crippen LogP contribution in [0.2, 0.25) is 0 Å². The molecular formula is C18H22BrN5O3. The number of aryl methyl sites for hydroxylation is 1. The molecule has 0 spiro atoms. The molecule has 0 bridgehead atoms. The summed E-state index contributed by atoms with van der Waals surface area (Å²) in [5, 5.41) is 12.4. The van der Waals surface area contributed by atoms with Crippen LogP contribution in [0.1, 0.15) is 18.9 Å². The fourth-order valence-corrected chi connectivity index (χ4v) is 3.46. The smallest absolute Gasteiger partial charge is 0.332 e. The van der Waals surface area contributed by atoms with E-state index in [0.29, 0.717) is 30.1 Å². The van der Waals surface area contributed by atoms with Crippen molar-refractivity contribution in [1.82, 2.24) is 18.7 Å². The van der Waals surface area contributed by atoms with Crippen LogP contribution in [0.15, 0.2) is 38.3 Å². The van der Waals surface area contributed by atoms with Crippen LogP contribution in [0.4, 0.5) is 5.95 Å². The maximum atomic E-state index is 12.8. The molecule has 0 fully saturated rings. The predicted molar refractivity (Wildman–Crippen MR) is 108 cm³/mol. The Labute approximate surface area is 164 Å². The molecule has 0 aliphatic carbocycles. The highest BCUT2D eigenvalue weighted by atomic mass is 79.9. The Hall–Kier alpha value is -2.39. The second-order valence-electron chi connectivity index (χ2n) is 6.59. The van der Waals surface area contributed by atoms with E-state index in [1.54, 1.807) is 11.6 Å². The van der Waals surface area contributed by atoms with Crippen LogP contribution in [0.3, 0.4) is 0 Å². The van der Waals surface area contributed by atoms with E-state index in [1.807, 2.05) is 31.2 Å². The monoisotopic (exact) mass is 435 g/mol. The van der Waals surface area contributed by atoms with Gasteiger partial charge in [0.1, 0.15) is 0 Å². The van der Waals surface area contributed by atoms with Crippen molar-refractivity contribution in [2.75, 3.05) is 11.9 Å². The summed E-state index contributed by atoms with van der Waals surface area (Å²) in [5.74, 6) is 0.490. The van der Waals surface area contributed by atoms with Crippen LogP contribution in [0.5, 0.6) is 0 Å². The van der Waals surface area contributed by atoms with Crippen LogP contribution >= 0.6 is 15.9 Å². The number of imidazole rings is 1. The zero-order valence-corrected chi connectivity index (χ0v) is 17.0. The Morgan fingerprint density at radius 3 is 2.67 bits per heavy atom. The molecule has 0 aliphatic heterocycles. The third-order valence-electron chi connectivity index (χ3n) is 4.52. The van der Waals surface area contributed by atoms with Crippen molar-refractivity contribution >= 4 is 33.0 Å². The average molecular weight is 436 g/mol. The molecule has 3 rings (SSSR count). The number of nitrogens with zero attached hydrogens (tertiary/aromatic N) is 4. The highest BCUT2D eigenvalue weighted by molar-refractivity contribution is 9.10. The van der Waals surface area contributed by atoms with E-state index in [9.17, 15) is 14.7 Å². The van der Waals surface area contributed by atoms with Gasteiger partial charge >= 0.3 is 5.69 Å². The minimum absolute atomic E-state index is 0.0419. The van der Waals surface area contributed by atoms with E-state index in [2.05, 4.69) is 26.2 Å². The first kappa shape index (κ1) is 19.4. The predicted octanol–water partition coefficient (Wildman–Crippen LogP) is 1.43. The lowest BCUT2D eigenvalue weighted by atomic mass is 10.2. The van der Waals surface area contributed by atoms with Crippen LogP contribution < -0.4 is 16.6 Å². The Kier molecular flexibility index (Phi) is 5.52. The molecule has 0 radical (unpaired) electrons. The lowest BCUT2D eigenvalue weighted by Crippen LogP contribution is -2.37. The van der Waals surface area contributed by atoms with Crippen molar-refractivity contribution in [1.29, 1.82) is 0 Å². The van der Waals surface area contributed by atoms with Crippen molar-refractivity contribution in [2.24, 2.45) is 14.1 Å². The topological polar surface area (TPSA) is 94.1 Å². The van der Waals surface area contributed by atoms with Gasteiger partial charge in [0.05, 0.1) is 6.54 Å². The number of anilines is 1. The first-order valence-corrected chi connectivity index (χ1v) is 9.41. The number of rotatable bonds is 6. The Morgan fingerprint density at radius 1 is 1.26 bits per heavy atom. The molecule has 27 heavy (non-hydrogen) atoms. The first-order chi connectivity index (χ1) is 12.8. The van der Waals surface area contributed by atoms with Gasteiger partial charge in [0, 0.05) is 31.2 Å². The van der Waals surface area contributed by atoms with Crippen LogP contribution in [0.25, 0.3) is 11.2 Å². The number of hydrogen-bond donors (Lipinski definition) is 2. The molecule has 0 saturated carbocycles. The van der Waals surface area contributed by atoms with E-state index >= 15 is 0 Å². The van der Waals surface area contributed by atoms with Crippen LogP contribution in [-0.2, 0) is 20.6 Å². The second kappa shape index (κ2) is 7.69. The Bertz CT molecular complexity index is 1100. The van der Waals surface area contributed by atoms with Gasteiger partial charge < -0.3 is 10.4 Å². The van der Waals surface area contributed by atoms with E-state index in [-0.39, 0.29) is 12.6 Å².